The van der Waals surface area contributed by atoms with Gasteiger partial charge < -0.3 is 14.6 Å². The van der Waals surface area contributed by atoms with E-state index in [4.69, 9.17) is 4.42 Å². The van der Waals surface area contributed by atoms with Crippen LogP contribution in [0.4, 0.5) is 10.1 Å². The maximum atomic E-state index is 13.0. The molecule has 0 fully saturated rings. The molecule has 0 radical (unpaired) electrons. The molecule has 2 aromatic carbocycles. The lowest BCUT2D eigenvalue weighted by molar-refractivity contribution is 0.0997. The van der Waals surface area contributed by atoms with Crippen molar-refractivity contribution in [2.75, 3.05) is 19.4 Å². The Morgan fingerprint density at radius 1 is 1.04 bits per heavy atom. The van der Waals surface area contributed by atoms with Crippen molar-refractivity contribution in [2.45, 2.75) is 6.54 Å². The summed E-state index contributed by atoms with van der Waals surface area (Å²) in [6.07, 6.45) is 0. The number of furan rings is 1. The lowest BCUT2D eigenvalue weighted by atomic mass is 10.1. The molecule has 128 valence electrons. The van der Waals surface area contributed by atoms with Crippen LogP contribution in [0.5, 0.6) is 0 Å². The van der Waals surface area contributed by atoms with Crippen LogP contribution in [-0.4, -0.2) is 24.9 Å². The Kier molecular flexibility index (Phi) is 4.95. The van der Waals surface area contributed by atoms with Gasteiger partial charge in [-0.3, -0.25) is 4.79 Å². The van der Waals surface area contributed by atoms with E-state index < -0.39 is 0 Å². The molecule has 0 aliphatic rings. The van der Waals surface area contributed by atoms with Gasteiger partial charge in [-0.2, -0.15) is 0 Å². The summed E-state index contributed by atoms with van der Waals surface area (Å²) in [6, 6.07) is 16.9. The Bertz CT molecular complexity index is 869. The molecule has 0 aliphatic carbocycles. The van der Waals surface area contributed by atoms with Crippen LogP contribution in [0.2, 0.25) is 0 Å². The van der Waals surface area contributed by atoms with E-state index in [2.05, 4.69) is 5.32 Å². The normalized spacial score (nSPS) is 10.9. The average Bonchev–Trinajstić information content (AvgIpc) is 3.07. The Labute approximate surface area is 145 Å². The minimum Gasteiger partial charge on any atom is -0.451 e. The summed E-state index contributed by atoms with van der Waals surface area (Å²) < 4.78 is 18.6. The van der Waals surface area contributed by atoms with Crippen molar-refractivity contribution in [2.24, 2.45) is 0 Å². The summed E-state index contributed by atoms with van der Waals surface area (Å²) >= 11 is 0. The first-order valence-electron chi connectivity index (χ1n) is 7.92. The summed E-state index contributed by atoms with van der Waals surface area (Å²) in [5, 5.41) is 2.89. The van der Waals surface area contributed by atoms with Crippen LogP contribution in [0, 0.1) is 5.82 Å². The third-order valence-electron chi connectivity index (χ3n) is 3.71. The number of amides is 1. The van der Waals surface area contributed by atoms with E-state index in [0.717, 1.165) is 17.8 Å². The summed E-state index contributed by atoms with van der Waals surface area (Å²) in [5.41, 5.74) is 2.49. The number of nitrogens with zero attached hydrogens (tertiary/aromatic N) is 1. The molecule has 0 atom stereocenters. The number of nitrogens with one attached hydrogen (secondary N) is 1. The second-order valence-electron chi connectivity index (χ2n) is 6.02. The van der Waals surface area contributed by atoms with Crippen LogP contribution < -0.4 is 5.32 Å². The van der Waals surface area contributed by atoms with Gasteiger partial charge in [0, 0.05) is 17.8 Å². The highest BCUT2D eigenvalue weighted by Crippen LogP contribution is 2.24. The van der Waals surface area contributed by atoms with E-state index in [1.54, 1.807) is 24.3 Å². The summed E-state index contributed by atoms with van der Waals surface area (Å²) in [7, 11) is 3.94. The smallest absolute Gasteiger partial charge is 0.291 e. The number of anilines is 1. The van der Waals surface area contributed by atoms with Crippen LogP contribution in [0.1, 0.15) is 16.1 Å². The second-order valence-corrected chi connectivity index (χ2v) is 6.02. The fourth-order valence-corrected chi connectivity index (χ4v) is 2.53. The van der Waals surface area contributed by atoms with E-state index in [1.807, 2.05) is 43.3 Å². The Morgan fingerprint density at radius 2 is 1.76 bits per heavy atom. The fraction of sp³-hybridized carbons (Fsp3) is 0.150. The van der Waals surface area contributed by atoms with Gasteiger partial charge in [-0.15, -0.1) is 0 Å². The molecule has 1 aromatic heterocycles. The first kappa shape index (κ1) is 16.9. The van der Waals surface area contributed by atoms with Gasteiger partial charge in [0.05, 0.1) is 0 Å². The van der Waals surface area contributed by atoms with Gasteiger partial charge in [-0.1, -0.05) is 18.2 Å². The molecule has 1 amide bonds. The zero-order chi connectivity index (χ0) is 17.8. The van der Waals surface area contributed by atoms with E-state index in [0.29, 0.717) is 11.3 Å². The van der Waals surface area contributed by atoms with Crippen molar-refractivity contribution in [1.29, 1.82) is 0 Å². The van der Waals surface area contributed by atoms with Crippen LogP contribution in [-0.2, 0) is 6.54 Å². The maximum absolute atomic E-state index is 13.0. The molecule has 0 saturated carbocycles. The Hall–Kier alpha value is -2.92. The number of benzene rings is 2. The molecule has 0 aliphatic heterocycles. The van der Waals surface area contributed by atoms with Gasteiger partial charge in [-0.05, 0) is 62.1 Å². The molecule has 0 bridgehead atoms. The number of rotatable bonds is 5. The van der Waals surface area contributed by atoms with Gasteiger partial charge in [0.25, 0.3) is 5.91 Å². The molecule has 0 saturated heterocycles. The van der Waals surface area contributed by atoms with Crippen molar-refractivity contribution >= 4 is 11.6 Å². The zero-order valence-electron chi connectivity index (χ0n) is 14.1. The van der Waals surface area contributed by atoms with Gasteiger partial charge in [0.15, 0.2) is 5.76 Å². The summed E-state index contributed by atoms with van der Waals surface area (Å²) in [6.45, 7) is 0.718. The highest BCUT2D eigenvalue weighted by Gasteiger charge is 2.14. The van der Waals surface area contributed by atoms with Gasteiger partial charge in [0.2, 0.25) is 0 Å². The highest BCUT2D eigenvalue weighted by atomic mass is 19.1. The number of carbonyl (C=O) groups excluding carboxylic acids is 1. The van der Waals surface area contributed by atoms with Crippen molar-refractivity contribution in [3.8, 4) is 11.3 Å². The molecular weight excluding hydrogens is 319 g/mol. The summed E-state index contributed by atoms with van der Waals surface area (Å²) in [4.78, 5) is 14.5. The molecule has 5 heteroatoms. The lowest BCUT2D eigenvalue weighted by Crippen LogP contribution is -2.16. The fourth-order valence-electron chi connectivity index (χ4n) is 2.53. The summed E-state index contributed by atoms with van der Waals surface area (Å²) in [5.74, 6) is 0.0936. The van der Waals surface area contributed by atoms with E-state index in [9.17, 15) is 9.18 Å². The first-order chi connectivity index (χ1) is 12.0. The molecule has 4 nitrogen and oxygen atoms in total. The van der Waals surface area contributed by atoms with Crippen molar-refractivity contribution < 1.29 is 13.6 Å². The van der Waals surface area contributed by atoms with E-state index in [-0.39, 0.29) is 17.5 Å². The van der Waals surface area contributed by atoms with E-state index in [1.165, 1.54) is 12.1 Å². The minimum atomic E-state index is -0.320. The second kappa shape index (κ2) is 7.32. The predicted octanol–water partition coefficient (Wildman–Crippen LogP) is 4.40. The van der Waals surface area contributed by atoms with E-state index >= 15 is 0 Å². The third kappa shape index (κ3) is 4.14. The predicted molar refractivity (Wildman–Crippen MR) is 95.9 cm³/mol. The molecule has 25 heavy (non-hydrogen) atoms. The van der Waals surface area contributed by atoms with Crippen LogP contribution >= 0.6 is 0 Å². The van der Waals surface area contributed by atoms with Crippen molar-refractivity contribution in [3.63, 3.8) is 0 Å². The van der Waals surface area contributed by atoms with Gasteiger partial charge >= 0.3 is 0 Å². The molecule has 1 heterocycles. The third-order valence-corrected chi connectivity index (χ3v) is 3.71. The SMILES string of the molecule is CN(C)Cc1ccccc1NC(=O)c1ccc(-c2ccc(F)cc2)o1. The van der Waals surface area contributed by atoms with Gasteiger partial charge in [0.1, 0.15) is 11.6 Å². The molecule has 1 N–H and O–H groups in total. The molecule has 0 unspecified atom stereocenters. The van der Waals surface area contributed by atoms with Crippen LogP contribution in [0.3, 0.4) is 0 Å². The topological polar surface area (TPSA) is 45.5 Å². The molecule has 3 rings (SSSR count). The number of halogens is 1. The Balaban J connectivity index is 1.78. The molecular formula is C20H19FN2O2. The highest BCUT2D eigenvalue weighted by molar-refractivity contribution is 6.03. The number of carbonyl (C=O) groups is 1. The molecule has 3 aromatic rings. The Morgan fingerprint density at radius 3 is 2.48 bits per heavy atom. The first-order valence-corrected chi connectivity index (χ1v) is 7.92. The van der Waals surface area contributed by atoms with Crippen LogP contribution in [0.15, 0.2) is 65.1 Å². The van der Waals surface area contributed by atoms with Crippen molar-refractivity contribution in [1.82, 2.24) is 4.90 Å². The van der Waals surface area contributed by atoms with Gasteiger partial charge in [-0.25, -0.2) is 4.39 Å². The largest absolute Gasteiger partial charge is 0.451 e. The quantitative estimate of drug-likeness (QED) is 0.750. The molecule has 0 spiro atoms. The number of hydrogen-bond donors (Lipinski definition) is 1. The minimum absolute atomic E-state index is 0.207. The van der Waals surface area contributed by atoms with Crippen molar-refractivity contribution in [3.05, 3.63) is 77.8 Å². The maximum Gasteiger partial charge on any atom is 0.291 e. The van der Waals surface area contributed by atoms with Crippen LogP contribution in [0.25, 0.3) is 11.3 Å². The lowest BCUT2D eigenvalue weighted by Gasteiger charge is -2.14. The monoisotopic (exact) mass is 338 g/mol. The number of para-hydroxylation sites is 1. The number of hydrogen-bond acceptors (Lipinski definition) is 3. The average molecular weight is 338 g/mol. The zero-order valence-corrected chi connectivity index (χ0v) is 14.1. The standard InChI is InChI=1S/C20H19FN2O2/c1-23(2)13-15-5-3-4-6-17(15)22-20(24)19-12-11-18(25-19)14-7-9-16(21)10-8-14/h3-12H,13H2,1-2H3,(H,22,24).